The first-order valence-electron chi connectivity index (χ1n) is 6.30. The number of aromatic carboxylic acids is 1. The van der Waals surface area contributed by atoms with Gasteiger partial charge in [0.05, 0.1) is 18.1 Å². The highest BCUT2D eigenvalue weighted by Crippen LogP contribution is 2.24. The number of nitrogens with zero attached hydrogens (tertiary/aromatic N) is 3. The summed E-state index contributed by atoms with van der Waals surface area (Å²) in [6, 6.07) is 7.20. The number of anilines is 1. The summed E-state index contributed by atoms with van der Waals surface area (Å²) in [6.45, 7) is 4.48. The van der Waals surface area contributed by atoms with Gasteiger partial charge in [-0.3, -0.25) is 0 Å². The third kappa shape index (κ3) is 2.72. The fourth-order valence-corrected chi connectivity index (χ4v) is 1.91. The predicted molar refractivity (Wildman–Crippen MR) is 73.7 cm³/mol. The van der Waals surface area contributed by atoms with E-state index in [-0.39, 0.29) is 11.6 Å². The molecule has 6 nitrogen and oxygen atoms in total. The van der Waals surface area contributed by atoms with Gasteiger partial charge in [0.2, 0.25) is 0 Å². The lowest BCUT2D eigenvalue weighted by Crippen LogP contribution is -2.31. The highest BCUT2D eigenvalue weighted by atomic mass is 16.4. The van der Waals surface area contributed by atoms with E-state index in [4.69, 9.17) is 14.8 Å². The summed E-state index contributed by atoms with van der Waals surface area (Å²) in [5.74, 6) is -1.00. The van der Waals surface area contributed by atoms with Crippen molar-refractivity contribution in [1.82, 2.24) is 4.98 Å². The van der Waals surface area contributed by atoms with Crippen LogP contribution in [0.2, 0.25) is 0 Å². The molecule has 0 bridgehead atoms. The van der Waals surface area contributed by atoms with Crippen molar-refractivity contribution in [2.45, 2.75) is 26.3 Å². The fraction of sp³-hybridized carbons (Fsp3) is 0.357. The number of hydrogen-bond acceptors (Lipinski definition) is 5. The normalized spacial score (nSPS) is 10.7. The van der Waals surface area contributed by atoms with Crippen LogP contribution in [-0.2, 0) is 0 Å². The number of rotatable bonds is 5. The number of oxazole rings is 1. The summed E-state index contributed by atoms with van der Waals surface area (Å²) in [4.78, 5) is 17.1. The van der Waals surface area contributed by atoms with Crippen molar-refractivity contribution in [3.05, 3.63) is 23.8 Å². The lowest BCUT2D eigenvalue weighted by atomic mass is 10.2. The quantitative estimate of drug-likeness (QED) is 0.900. The number of carbonyl (C=O) groups is 1. The highest BCUT2D eigenvalue weighted by molar-refractivity contribution is 5.92. The van der Waals surface area contributed by atoms with Crippen molar-refractivity contribution < 1.29 is 14.3 Å². The molecular weight excluding hydrogens is 258 g/mol. The molecule has 0 aliphatic rings. The summed E-state index contributed by atoms with van der Waals surface area (Å²) < 4.78 is 5.62. The molecule has 0 aliphatic heterocycles. The van der Waals surface area contributed by atoms with Crippen LogP contribution in [0, 0.1) is 11.3 Å². The van der Waals surface area contributed by atoms with Gasteiger partial charge in [-0.1, -0.05) is 0 Å². The van der Waals surface area contributed by atoms with Gasteiger partial charge in [0, 0.05) is 12.6 Å². The van der Waals surface area contributed by atoms with Crippen LogP contribution in [0.25, 0.3) is 11.1 Å². The molecule has 1 heterocycles. The standard InChI is InChI=1S/C14H15N3O3/c1-9(2)17(7-3-6-15)14-16-11-5-4-10(13(18)19)8-12(11)20-14/h4-5,8-9H,3,7H2,1-2H3,(H,18,19). The summed E-state index contributed by atoms with van der Waals surface area (Å²) >= 11 is 0. The van der Waals surface area contributed by atoms with Crippen LogP contribution < -0.4 is 4.90 Å². The fourth-order valence-electron chi connectivity index (χ4n) is 1.91. The van der Waals surface area contributed by atoms with E-state index < -0.39 is 5.97 Å². The zero-order chi connectivity index (χ0) is 14.7. The molecule has 0 saturated heterocycles. The van der Waals surface area contributed by atoms with Crippen molar-refractivity contribution in [2.24, 2.45) is 0 Å². The molecule has 0 aliphatic carbocycles. The zero-order valence-corrected chi connectivity index (χ0v) is 11.3. The van der Waals surface area contributed by atoms with Crippen LogP contribution >= 0.6 is 0 Å². The molecule has 20 heavy (non-hydrogen) atoms. The Bertz CT molecular complexity index is 670. The molecule has 0 unspecified atom stereocenters. The van der Waals surface area contributed by atoms with Crippen LogP contribution in [0.3, 0.4) is 0 Å². The molecule has 104 valence electrons. The molecule has 1 aromatic carbocycles. The molecule has 1 aromatic heterocycles. The first kappa shape index (κ1) is 13.9. The minimum atomic E-state index is -1.00. The Morgan fingerprint density at radius 2 is 2.30 bits per heavy atom. The summed E-state index contributed by atoms with van der Waals surface area (Å²) in [5.41, 5.74) is 1.20. The molecule has 0 fully saturated rings. The number of fused-ring (bicyclic) bond motifs is 1. The molecule has 0 amide bonds. The van der Waals surface area contributed by atoms with Gasteiger partial charge >= 0.3 is 5.97 Å². The minimum absolute atomic E-state index is 0.135. The van der Waals surface area contributed by atoms with E-state index in [1.807, 2.05) is 18.7 Å². The number of nitriles is 1. The molecule has 0 atom stereocenters. The number of aromatic nitrogens is 1. The van der Waals surface area contributed by atoms with Gasteiger partial charge in [0.25, 0.3) is 6.01 Å². The van der Waals surface area contributed by atoms with E-state index in [1.165, 1.54) is 12.1 Å². The summed E-state index contributed by atoms with van der Waals surface area (Å²) in [5, 5.41) is 17.6. The van der Waals surface area contributed by atoms with Crippen molar-refractivity contribution in [2.75, 3.05) is 11.4 Å². The maximum absolute atomic E-state index is 10.9. The van der Waals surface area contributed by atoms with Crippen LogP contribution in [0.15, 0.2) is 22.6 Å². The number of carboxylic acid groups (broad SMARTS) is 1. The predicted octanol–water partition coefficient (Wildman–Crippen LogP) is 2.65. The van der Waals surface area contributed by atoms with E-state index in [1.54, 1.807) is 6.07 Å². The highest BCUT2D eigenvalue weighted by Gasteiger charge is 2.17. The Labute approximate surface area is 116 Å². The monoisotopic (exact) mass is 273 g/mol. The molecular formula is C14H15N3O3. The van der Waals surface area contributed by atoms with Gasteiger partial charge in [-0.05, 0) is 32.0 Å². The topological polar surface area (TPSA) is 90.4 Å². The van der Waals surface area contributed by atoms with Gasteiger partial charge in [-0.2, -0.15) is 10.2 Å². The third-order valence-corrected chi connectivity index (χ3v) is 2.96. The third-order valence-electron chi connectivity index (χ3n) is 2.96. The van der Waals surface area contributed by atoms with E-state index in [0.717, 1.165) is 0 Å². The van der Waals surface area contributed by atoms with Crippen LogP contribution in [-0.4, -0.2) is 28.6 Å². The lowest BCUT2D eigenvalue weighted by molar-refractivity contribution is 0.0697. The molecule has 0 spiro atoms. The molecule has 1 N–H and O–H groups in total. The smallest absolute Gasteiger partial charge is 0.335 e. The van der Waals surface area contributed by atoms with Gasteiger partial charge in [0.15, 0.2) is 5.58 Å². The van der Waals surface area contributed by atoms with Crippen molar-refractivity contribution in [3.8, 4) is 6.07 Å². The average Bonchev–Trinajstić information content (AvgIpc) is 2.80. The summed E-state index contributed by atoms with van der Waals surface area (Å²) in [6.07, 6.45) is 0.372. The van der Waals surface area contributed by atoms with E-state index in [2.05, 4.69) is 11.1 Å². The van der Waals surface area contributed by atoms with Crippen LogP contribution in [0.1, 0.15) is 30.6 Å². The Morgan fingerprint density at radius 1 is 1.55 bits per heavy atom. The second-order valence-electron chi connectivity index (χ2n) is 4.68. The van der Waals surface area contributed by atoms with E-state index >= 15 is 0 Å². The van der Waals surface area contributed by atoms with Crippen molar-refractivity contribution in [3.63, 3.8) is 0 Å². The molecule has 0 saturated carbocycles. The molecule has 6 heteroatoms. The Morgan fingerprint density at radius 3 is 2.90 bits per heavy atom. The van der Waals surface area contributed by atoms with Crippen molar-refractivity contribution in [1.29, 1.82) is 5.26 Å². The maximum Gasteiger partial charge on any atom is 0.335 e. The van der Waals surface area contributed by atoms with Gasteiger partial charge in [0.1, 0.15) is 5.52 Å². The minimum Gasteiger partial charge on any atom is -0.478 e. The SMILES string of the molecule is CC(C)N(CCC#N)c1nc2ccc(C(=O)O)cc2o1. The molecule has 0 radical (unpaired) electrons. The Kier molecular flexibility index (Phi) is 3.89. The van der Waals surface area contributed by atoms with Gasteiger partial charge < -0.3 is 14.4 Å². The second-order valence-corrected chi connectivity index (χ2v) is 4.68. The van der Waals surface area contributed by atoms with Crippen LogP contribution in [0.4, 0.5) is 6.01 Å². The van der Waals surface area contributed by atoms with E-state index in [9.17, 15) is 4.79 Å². The Hall–Kier alpha value is -2.55. The zero-order valence-electron chi connectivity index (χ0n) is 11.3. The maximum atomic E-state index is 10.9. The summed E-state index contributed by atoms with van der Waals surface area (Å²) in [7, 11) is 0. The largest absolute Gasteiger partial charge is 0.478 e. The molecule has 2 rings (SSSR count). The first-order valence-corrected chi connectivity index (χ1v) is 6.30. The number of benzene rings is 1. The van der Waals surface area contributed by atoms with Gasteiger partial charge in [-0.15, -0.1) is 0 Å². The van der Waals surface area contributed by atoms with Crippen molar-refractivity contribution >= 4 is 23.1 Å². The molecule has 2 aromatic rings. The van der Waals surface area contributed by atoms with E-state index in [0.29, 0.717) is 30.1 Å². The van der Waals surface area contributed by atoms with Gasteiger partial charge in [-0.25, -0.2) is 4.79 Å². The Balaban J connectivity index is 2.39. The second kappa shape index (κ2) is 5.61. The number of carboxylic acids is 1. The lowest BCUT2D eigenvalue weighted by Gasteiger charge is -2.23. The first-order chi connectivity index (χ1) is 9.52. The van der Waals surface area contributed by atoms with Crippen LogP contribution in [0.5, 0.6) is 0 Å². The average molecular weight is 273 g/mol. The number of hydrogen-bond donors (Lipinski definition) is 1.